The van der Waals surface area contributed by atoms with E-state index in [1.54, 1.807) is 0 Å². The lowest BCUT2D eigenvalue weighted by Gasteiger charge is -2.35. The zero-order valence-electron chi connectivity index (χ0n) is 17.6. The summed E-state index contributed by atoms with van der Waals surface area (Å²) in [6, 6.07) is 13.5. The van der Waals surface area contributed by atoms with Crippen LogP contribution in [-0.4, -0.2) is 57.7 Å². The first-order chi connectivity index (χ1) is 14.3. The van der Waals surface area contributed by atoms with Crippen LogP contribution in [0.3, 0.4) is 0 Å². The fourth-order valence-electron chi connectivity index (χ4n) is 3.53. The van der Waals surface area contributed by atoms with E-state index >= 15 is 0 Å². The summed E-state index contributed by atoms with van der Waals surface area (Å²) < 4.78 is 0. The van der Waals surface area contributed by atoms with Crippen LogP contribution in [-0.2, 0) is 16.1 Å². The number of nitrogens with one attached hydrogen (secondary N) is 1. The molecule has 0 amide bonds. The molecule has 0 saturated carbocycles. The second kappa shape index (κ2) is 12.0. The first-order valence-electron chi connectivity index (χ1n) is 10.3. The number of rotatable bonds is 7. The van der Waals surface area contributed by atoms with E-state index in [0.29, 0.717) is 24.1 Å². The van der Waals surface area contributed by atoms with E-state index in [4.69, 9.17) is 15.2 Å². The fourth-order valence-corrected chi connectivity index (χ4v) is 3.53. The number of benzene rings is 1. The van der Waals surface area contributed by atoms with Crippen LogP contribution in [0.1, 0.15) is 32.4 Å². The van der Waals surface area contributed by atoms with Crippen molar-refractivity contribution in [2.24, 2.45) is 5.92 Å². The van der Waals surface area contributed by atoms with Crippen molar-refractivity contribution >= 4 is 22.8 Å². The quantitative estimate of drug-likeness (QED) is 0.599. The molecule has 1 aromatic heterocycles. The Labute approximate surface area is 177 Å². The van der Waals surface area contributed by atoms with Crippen LogP contribution in [0.5, 0.6) is 0 Å². The predicted molar refractivity (Wildman–Crippen MR) is 117 cm³/mol. The zero-order chi connectivity index (χ0) is 21.9. The number of fused-ring (bicyclic) bond motifs is 1. The molecule has 0 bridgehead atoms. The van der Waals surface area contributed by atoms with Crippen molar-refractivity contribution < 1.29 is 19.8 Å². The lowest BCUT2D eigenvalue weighted by Crippen LogP contribution is -2.44. The van der Waals surface area contributed by atoms with Crippen molar-refractivity contribution in [3.05, 3.63) is 54.2 Å². The molecule has 0 unspecified atom stereocenters. The van der Waals surface area contributed by atoms with E-state index in [-0.39, 0.29) is 0 Å². The summed E-state index contributed by atoms with van der Waals surface area (Å²) in [7, 11) is 0. The number of hydrogen-bond donors (Lipinski definition) is 3. The van der Waals surface area contributed by atoms with Gasteiger partial charge in [0.2, 0.25) is 0 Å². The Bertz CT molecular complexity index is 844. The Kier molecular flexibility index (Phi) is 9.44. The summed E-state index contributed by atoms with van der Waals surface area (Å²) in [5.41, 5.74) is 2.30. The van der Waals surface area contributed by atoms with Gasteiger partial charge < -0.3 is 15.5 Å². The van der Waals surface area contributed by atoms with Crippen LogP contribution < -0.4 is 5.32 Å². The first-order valence-corrected chi connectivity index (χ1v) is 10.3. The van der Waals surface area contributed by atoms with E-state index in [2.05, 4.69) is 60.5 Å². The molecule has 3 rings (SSSR count). The number of hydrogen-bond acceptors (Lipinski definition) is 5. The number of aliphatic carboxylic acids is 2. The molecule has 1 aromatic carbocycles. The summed E-state index contributed by atoms with van der Waals surface area (Å²) in [4.78, 5) is 26.6. The summed E-state index contributed by atoms with van der Waals surface area (Å²) in [5, 5.41) is 20.3. The lowest BCUT2D eigenvalue weighted by atomic mass is 10.0. The minimum Gasteiger partial charge on any atom is -0.478 e. The molecule has 0 radical (unpaired) electrons. The SMILES string of the molecule is CC(C)CN(Cc1ccc2ccccc2n1)C1CCNCC1.O=C(O)/C=C/C(=O)O. The fraction of sp³-hybridized carbons (Fsp3) is 0.435. The van der Waals surface area contributed by atoms with Crippen LogP contribution in [0.2, 0.25) is 0 Å². The van der Waals surface area contributed by atoms with Gasteiger partial charge in [0.15, 0.2) is 0 Å². The van der Waals surface area contributed by atoms with E-state index in [0.717, 1.165) is 31.7 Å². The van der Waals surface area contributed by atoms with E-state index < -0.39 is 11.9 Å². The predicted octanol–water partition coefficient (Wildman–Crippen LogP) is 3.16. The number of nitrogens with zero attached hydrogens (tertiary/aromatic N) is 2. The molecule has 1 saturated heterocycles. The van der Waals surface area contributed by atoms with Gasteiger partial charge in [-0.25, -0.2) is 9.59 Å². The number of piperidine rings is 1. The third kappa shape index (κ3) is 8.31. The molecule has 2 aromatic rings. The molecular formula is C23H31N3O4. The van der Waals surface area contributed by atoms with Gasteiger partial charge in [-0.3, -0.25) is 9.88 Å². The van der Waals surface area contributed by atoms with E-state index in [1.165, 1.54) is 23.9 Å². The smallest absolute Gasteiger partial charge is 0.328 e. The topological polar surface area (TPSA) is 103 Å². The van der Waals surface area contributed by atoms with Crippen LogP contribution >= 0.6 is 0 Å². The number of carboxylic acids is 2. The third-order valence-electron chi connectivity index (χ3n) is 4.81. The van der Waals surface area contributed by atoms with Gasteiger partial charge in [0.1, 0.15) is 0 Å². The monoisotopic (exact) mass is 413 g/mol. The Morgan fingerprint density at radius 3 is 2.33 bits per heavy atom. The van der Waals surface area contributed by atoms with Crippen LogP contribution in [0.15, 0.2) is 48.6 Å². The van der Waals surface area contributed by atoms with Crippen LogP contribution in [0.25, 0.3) is 10.9 Å². The highest BCUT2D eigenvalue weighted by Gasteiger charge is 2.22. The zero-order valence-corrected chi connectivity index (χ0v) is 17.6. The van der Waals surface area contributed by atoms with Gasteiger partial charge in [0, 0.05) is 36.7 Å². The summed E-state index contributed by atoms with van der Waals surface area (Å²) in [6.07, 6.45) is 3.62. The highest BCUT2D eigenvalue weighted by atomic mass is 16.4. The van der Waals surface area contributed by atoms with Crippen molar-refractivity contribution in [1.82, 2.24) is 15.2 Å². The van der Waals surface area contributed by atoms with Crippen molar-refractivity contribution in [1.29, 1.82) is 0 Å². The maximum absolute atomic E-state index is 9.55. The second-order valence-electron chi connectivity index (χ2n) is 7.81. The van der Waals surface area contributed by atoms with Gasteiger partial charge >= 0.3 is 11.9 Å². The number of aromatic nitrogens is 1. The van der Waals surface area contributed by atoms with E-state index in [9.17, 15) is 9.59 Å². The van der Waals surface area contributed by atoms with E-state index in [1.807, 2.05) is 0 Å². The molecule has 0 aliphatic carbocycles. The van der Waals surface area contributed by atoms with Crippen LogP contribution in [0.4, 0.5) is 0 Å². The molecule has 30 heavy (non-hydrogen) atoms. The molecule has 2 heterocycles. The Balaban J connectivity index is 0.000000343. The molecule has 7 heteroatoms. The molecule has 0 spiro atoms. The number of para-hydroxylation sites is 1. The van der Waals surface area contributed by atoms with Crippen LogP contribution in [0, 0.1) is 5.92 Å². The lowest BCUT2D eigenvalue weighted by molar-refractivity contribution is -0.134. The summed E-state index contributed by atoms with van der Waals surface area (Å²) >= 11 is 0. The van der Waals surface area contributed by atoms with Gasteiger partial charge in [-0.2, -0.15) is 0 Å². The minimum atomic E-state index is -1.26. The average molecular weight is 414 g/mol. The largest absolute Gasteiger partial charge is 0.478 e. The third-order valence-corrected chi connectivity index (χ3v) is 4.81. The average Bonchev–Trinajstić information content (AvgIpc) is 2.72. The van der Waals surface area contributed by atoms with Gasteiger partial charge in [0.25, 0.3) is 0 Å². The number of carboxylic acid groups (broad SMARTS) is 2. The molecule has 162 valence electrons. The molecule has 0 atom stereocenters. The van der Waals surface area contributed by atoms with Gasteiger partial charge in [-0.05, 0) is 44.0 Å². The van der Waals surface area contributed by atoms with Gasteiger partial charge in [-0.15, -0.1) is 0 Å². The van der Waals surface area contributed by atoms with Crippen molar-refractivity contribution in [3.8, 4) is 0 Å². The maximum atomic E-state index is 9.55. The molecule has 1 fully saturated rings. The first kappa shape index (κ1) is 23.5. The number of carbonyl (C=O) groups is 2. The second-order valence-corrected chi connectivity index (χ2v) is 7.81. The highest BCUT2D eigenvalue weighted by molar-refractivity contribution is 5.89. The molecule has 3 N–H and O–H groups in total. The standard InChI is InChI=1S/C19H27N3.C4H4O4/c1-15(2)13-22(18-9-11-20-12-10-18)14-17-8-7-16-5-3-4-6-19(16)21-17;5-3(6)1-2-4(7)8/h3-8,15,18,20H,9-14H2,1-2H3;1-2H,(H,5,6)(H,7,8)/b;2-1+. The van der Waals surface area contributed by atoms with Gasteiger partial charge in [-0.1, -0.05) is 38.1 Å². The van der Waals surface area contributed by atoms with Crippen molar-refractivity contribution in [2.75, 3.05) is 19.6 Å². The Hall–Kier alpha value is -2.77. The molecule has 7 nitrogen and oxygen atoms in total. The van der Waals surface area contributed by atoms with Gasteiger partial charge in [0.05, 0.1) is 11.2 Å². The Morgan fingerprint density at radius 1 is 1.10 bits per heavy atom. The summed E-state index contributed by atoms with van der Waals surface area (Å²) in [5.74, 6) is -1.82. The number of pyridine rings is 1. The maximum Gasteiger partial charge on any atom is 0.328 e. The molecule has 1 aliphatic heterocycles. The Morgan fingerprint density at radius 2 is 1.73 bits per heavy atom. The minimum absolute atomic E-state index is 0.558. The summed E-state index contributed by atoms with van der Waals surface area (Å²) in [6.45, 7) is 9.02. The normalized spacial score (nSPS) is 14.8. The highest BCUT2D eigenvalue weighted by Crippen LogP contribution is 2.18. The molecular weight excluding hydrogens is 382 g/mol. The molecule has 1 aliphatic rings. The van der Waals surface area contributed by atoms with Crippen molar-refractivity contribution in [3.63, 3.8) is 0 Å². The van der Waals surface area contributed by atoms with Crippen molar-refractivity contribution in [2.45, 2.75) is 39.3 Å².